The van der Waals surface area contributed by atoms with Crippen LogP contribution in [0.3, 0.4) is 0 Å². The number of imidazole rings is 1. The Morgan fingerprint density at radius 3 is 2.70 bits per heavy atom. The average Bonchev–Trinajstić information content (AvgIpc) is 2.95. The Hall–Kier alpha value is -2.81. The zero-order valence-corrected chi connectivity index (χ0v) is 13.5. The van der Waals surface area contributed by atoms with Gasteiger partial charge in [0, 0.05) is 37.7 Å². The monoisotopic (exact) mass is 311 g/mol. The molecule has 1 aromatic carbocycles. The van der Waals surface area contributed by atoms with Crippen LogP contribution < -0.4 is 5.32 Å². The second kappa shape index (κ2) is 7.99. The highest BCUT2D eigenvalue weighted by Crippen LogP contribution is 2.12. The van der Waals surface area contributed by atoms with Gasteiger partial charge >= 0.3 is 6.03 Å². The SMILES string of the molecule is CCN(CCC#N)C(=O)Nc1ccc(Cn2ccnc2C)cc1. The van der Waals surface area contributed by atoms with Gasteiger partial charge in [-0.3, -0.25) is 0 Å². The molecule has 6 heteroatoms. The van der Waals surface area contributed by atoms with Gasteiger partial charge in [0.1, 0.15) is 5.82 Å². The Bertz CT molecular complexity index is 684. The van der Waals surface area contributed by atoms with E-state index < -0.39 is 0 Å². The van der Waals surface area contributed by atoms with Crippen LogP contribution >= 0.6 is 0 Å². The lowest BCUT2D eigenvalue weighted by Gasteiger charge is -2.20. The number of carbonyl (C=O) groups excluding carboxylic acids is 1. The van der Waals surface area contributed by atoms with Gasteiger partial charge in [-0.1, -0.05) is 12.1 Å². The summed E-state index contributed by atoms with van der Waals surface area (Å²) in [6.45, 7) is 5.63. The number of aryl methyl sites for hydroxylation is 1. The van der Waals surface area contributed by atoms with E-state index in [0.717, 1.165) is 23.6 Å². The number of benzene rings is 1. The van der Waals surface area contributed by atoms with Crippen molar-refractivity contribution in [3.05, 3.63) is 48.0 Å². The number of nitriles is 1. The second-order valence-electron chi connectivity index (χ2n) is 5.22. The highest BCUT2D eigenvalue weighted by molar-refractivity contribution is 5.89. The molecule has 120 valence electrons. The van der Waals surface area contributed by atoms with Gasteiger partial charge in [-0.2, -0.15) is 5.26 Å². The molecule has 0 spiro atoms. The molecule has 0 fully saturated rings. The molecule has 0 saturated carbocycles. The van der Waals surface area contributed by atoms with Gasteiger partial charge in [0.15, 0.2) is 0 Å². The summed E-state index contributed by atoms with van der Waals surface area (Å²) in [5.74, 6) is 0.971. The molecule has 0 saturated heterocycles. The third-order valence-corrected chi connectivity index (χ3v) is 3.64. The molecule has 2 amide bonds. The summed E-state index contributed by atoms with van der Waals surface area (Å²) in [7, 11) is 0. The van der Waals surface area contributed by atoms with Crippen LogP contribution in [0.2, 0.25) is 0 Å². The summed E-state index contributed by atoms with van der Waals surface area (Å²) in [6, 6.07) is 9.62. The van der Waals surface area contributed by atoms with Crippen LogP contribution in [0, 0.1) is 18.3 Å². The average molecular weight is 311 g/mol. The van der Waals surface area contributed by atoms with E-state index in [0.29, 0.717) is 19.5 Å². The molecule has 0 aliphatic heterocycles. The van der Waals surface area contributed by atoms with Crippen LogP contribution in [0.1, 0.15) is 24.7 Å². The Labute approximate surface area is 136 Å². The molecule has 0 aliphatic rings. The summed E-state index contributed by atoms with van der Waals surface area (Å²) in [5.41, 5.74) is 1.89. The van der Waals surface area contributed by atoms with Crippen molar-refractivity contribution in [2.24, 2.45) is 0 Å². The minimum absolute atomic E-state index is 0.180. The number of rotatable bonds is 6. The number of nitrogens with zero attached hydrogens (tertiary/aromatic N) is 4. The smallest absolute Gasteiger partial charge is 0.321 e. The van der Waals surface area contributed by atoms with E-state index in [-0.39, 0.29) is 6.03 Å². The lowest BCUT2D eigenvalue weighted by molar-refractivity contribution is 0.215. The number of nitrogens with one attached hydrogen (secondary N) is 1. The summed E-state index contributed by atoms with van der Waals surface area (Å²) in [6.07, 6.45) is 4.06. The summed E-state index contributed by atoms with van der Waals surface area (Å²) >= 11 is 0. The van der Waals surface area contributed by atoms with E-state index >= 15 is 0 Å². The van der Waals surface area contributed by atoms with Gasteiger partial charge in [0.05, 0.1) is 12.5 Å². The predicted molar refractivity (Wildman–Crippen MR) is 89.0 cm³/mol. The van der Waals surface area contributed by atoms with Crippen LogP contribution in [-0.2, 0) is 6.54 Å². The number of amides is 2. The molecule has 0 atom stereocenters. The Morgan fingerprint density at radius 2 is 2.13 bits per heavy atom. The zero-order chi connectivity index (χ0) is 16.7. The van der Waals surface area contributed by atoms with Crippen LogP contribution in [0.5, 0.6) is 0 Å². The van der Waals surface area contributed by atoms with E-state index in [1.807, 2.05) is 44.3 Å². The second-order valence-corrected chi connectivity index (χ2v) is 5.22. The maximum Gasteiger partial charge on any atom is 0.321 e. The normalized spacial score (nSPS) is 10.1. The first kappa shape index (κ1) is 16.6. The molecule has 23 heavy (non-hydrogen) atoms. The molecule has 2 rings (SSSR count). The Kier molecular flexibility index (Phi) is 5.75. The maximum atomic E-state index is 12.1. The zero-order valence-electron chi connectivity index (χ0n) is 13.5. The number of carbonyl (C=O) groups is 1. The van der Waals surface area contributed by atoms with Crippen LogP contribution in [0.4, 0.5) is 10.5 Å². The predicted octanol–water partition coefficient (Wildman–Crippen LogP) is 3.01. The molecule has 1 aromatic heterocycles. The fourth-order valence-corrected chi connectivity index (χ4v) is 2.25. The van der Waals surface area contributed by atoms with Gasteiger partial charge in [-0.25, -0.2) is 9.78 Å². The quantitative estimate of drug-likeness (QED) is 0.891. The van der Waals surface area contributed by atoms with Crippen molar-refractivity contribution in [3.63, 3.8) is 0 Å². The van der Waals surface area contributed by atoms with E-state index in [9.17, 15) is 4.79 Å². The first-order chi connectivity index (χ1) is 11.1. The largest absolute Gasteiger partial charge is 0.331 e. The number of urea groups is 1. The van der Waals surface area contributed by atoms with Crippen molar-refractivity contribution >= 4 is 11.7 Å². The van der Waals surface area contributed by atoms with Gasteiger partial charge in [-0.05, 0) is 31.5 Å². The van der Waals surface area contributed by atoms with Crippen LogP contribution in [-0.4, -0.2) is 33.6 Å². The van der Waals surface area contributed by atoms with Crippen LogP contribution in [0.25, 0.3) is 0 Å². The standard InChI is InChI=1S/C17H21N5O/c1-3-21(11-4-9-18)17(23)20-16-7-5-15(6-8-16)13-22-12-10-19-14(22)2/h5-8,10,12H,3-4,11,13H2,1-2H3,(H,20,23). The fourth-order valence-electron chi connectivity index (χ4n) is 2.25. The molecule has 6 nitrogen and oxygen atoms in total. The molecular formula is C17H21N5O. The van der Waals surface area contributed by atoms with Gasteiger partial charge < -0.3 is 14.8 Å². The molecular weight excluding hydrogens is 290 g/mol. The number of hydrogen-bond donors (Lipinski definition) is 1. The summed E-state index contributed by atoms with van der Waals surface area (Å²) < 4.78 is 2.06. The lowest BCUT2D eigenvalue weighted by Crippen LogP contribution is -2.35. The van der Waals surface area contributed by atoms with Crippen molar-refractivity contribution in [2.45, 2.75) is 26.8 Å². The Balaban J connectivity index is 1.95. The first-order valence-corrected chi connectivity index (χ1v) is 7.63. The molecule has 1 heterocycles. The van der Waals surface area contributed by atoms with E-state index in [1.165, 1.54) is 0 Å². The number of hydrogen-bond acceptors (Lipinski definition) is 3. The molecule has 0 aliphatic carbocycles. The molecule has 2 aromatic rings. The van der Waals surface area contributed by atoms with Crippen LogP contribution in [0.15, 0.2) is 36.7 Å². The number of anilines is 1. The molecule has 0 unspecified atom stereocenters. The third-order valence-electron chi connectivity index (χ3n) is 3.64. The van der Waals surface area contributed by atoms with Crippen molar-refractivity contribution < 1.29 is 4.79 Å². The minimum Gasteiger partial charge on any atom is -0.331 e. The topological polar surface area (TPSA) is 74.0 Å². The van der Waals surface area contributed by atoms with Gasteiger partial charge in [0.2, 0.25) is 0 Å². The molecule has 1 N–H and O–H groups in total. The van der Waals surface area contributed by atoms with E-state index in [1.54, 1.807) is 11.1 Å². The molecule has 0 radical (unpaired) electrons. The first-order valence-electron chi connectivity index (χ1n) is 7.63. The van der Waals surface area contributed by atoms with Crippen molar-refractivity contribution in [2.75, 3.05) is 18.4 Å². The van der Waals surface area contributed by atoms with Crippen molar-refractivity contribution in [3.8, 4) is 6.07 Å². The van der Waals surface area contributed by atoms with Crippen molar-refractivity contribution in [1.82, 2.24) is 14.5 Å². The highest BCUT2D eigenvalue weighted by atomic mass is 16.2. The van der Waals surface area contributed by atoms with E-state index in [2.05, 4.69) is 20.9 Å². The molecule has 0 bridgehead atoms. The minimum atomic E-state index is -0.180. The van der Waals surface area contributed by atoms with Crippen molar-refractivity contribution in [1.29, 1.82) is 5.26 Å². The van der Waals surface area contributed by atoms with Gasteiger partial charge in [-0.15, -0.1) is 0 Å². The summed E-state index contributed by atoms with van der Waals surface area (Å²) in [5, 5.41) is 11.5. The number of aromatic nitrogens is 2. The van der Waals surface area contributed by atoms with E-state index in [4.69, 9.17) is 5.26 Å². The summed E-state index contributed by atoms with van der Waals surface area (Å²) in [4.78, 5) is 17.9. The lowest BCUT2D eigenvalue weighted by atomic mass is 10.2. The fraction of sp³-hybridized carbons (Fsp3) is 0.353. The maximum absolute atomic E-state index is 12.1. The highest BCUT2D eigenvalue weighted by Gasteiger charge is 2.11. The third kappa shape index (κ3) is 4.58. The van der Waals surface area contributed by atoms with Gasteiger partial charge in [0.25, 0.3) is 0 Å². The Morgan fingerprint density at radius 1 is 1.39 bits per heavy atom.